The Labute approximate surface area is 217 Å². The molecule has 3 atom stereocenters. The topological polar surface area (TPSA) is 112 Å². The van der Waals surface area contributed by atoms with E-state index < -0.39 is 6.10 Å². The van der Waals surface area contributed by atoms with E-state index in [2.05, 4.69) is 35.5 Å². The van der Waals surface area contributed by atoms with Gasteiger partial charge in [-0.1, -0.05) is 32.8 Å². The van der Waals surface area contributed by atoms with Crippen molar-refractivity contribution in [2.24, 2.45) is 16.8 Å². The summed E-state index contributed by atoms with van der Waals surface area (Å²) in [5, 5.41) is 18.5. The Morgan fingerprint density at radius 3 is 2.75 bits per heavy atom. The van der Waals surface area contributed by atoms with Gasteiger partial charge in [0.25, 0.3) is 0 Å². The maximum absolute atomic E-state index is 11.1. The first kappa shape index (κ1) is 26.4. The number of thiazole rings is 1. The average molecular weight is 511 g/mol. The third-order valence-corrected chi connectivity index (χ3v) is 8.13. The van der Waals surface area contributed by atoms with Crippen LogP contribution in [0.5, 0.6) is 0 Å². The Morgan fingerprint density at radius 1 is 1.25 bits per heavy atom. The second-order valence-electron chi connectivity index (χ2n) is 9.85. The Hall–Kier alpha value is -2.65. The van der Waals surface area contributed by atoms with Gasteiger partial charge in [0.1, 0.15) is 17.1 Å². The molecule has 194 valence electrons. The molecule has 8 nitrogen and oxygen atoms in total. The molecule has 3 N–H and O–H groups in total. The molecule has 9 heteroatoms. The summed E-state index contributed by atoms with van der Waals surface area (Å²) in [6.07, 6.45) is 10.4. The molecule has 0 amide bonds. The van der Waals surface area contributed by atoms with Crippen molar-refractivity contribution in [2.75, 3.05) is 17.2 Å². The molecular weight excluding hydrogens is 472 g/mol. The maximum atomic E-state index is 11.1. The monoisotopic (exact) mass is 510 g/mol. The number of aliphatic hydroxyl groups is 1. The van der Waals surface area contributed by atoms with Crippen molar-refractivity contribution in [1.29, 1.82) is 0 Å². The van der Waals surface area contributed by atoms with E-state index in [9.17, 15) is 9.90 Å². The van der Waals surface area contributed by atoms with E-state index in [4.69, 9.17) is 15.0 Å². The third-order valence-electron chi connectivity index (χ3n) is 7.03. The van der Waals surface area contributed by atoms with Crippen LogP contribution in [-0.2, 0) is 11.2 Å². The van der Waals surface area contributed by atoms with E-state index in [0.717, 1.165) is 59.6 Å². The molecule has 0 bridgehead atoms. The highest BCUT2D eigenvalue weighted by Crippen LogP contribution is 2.38. The third kappa shape index (κ3) is 6.18. The number of aryl methyl sites for hydroxylation is 1. The predicted octanol–water partition coefficient (Wildman–Crippen LogP) is 5.17. The van der Waals surface area contributed by atoms with Crippen molar-refractivity contribution < 1.29 is 9.90 Å². The van der Waals surface area contributed by atoms with Gasteiger partial charge in [0.2, 0.25) is 5.95 Å². The fourth-order valence-electron chi connectivity index (χ4n) is 4.63. The first-order valence-corrected chi connectivity index (χ1v) is 14.0. The fourth-order valence-corrected chi connectivity index (χ4v) is 5.79. The van der Waals surface area contributed by atoms with Crippen molar-refractivity contribution >= 4 is 35.1 Å². The summed E-state index contributed by atoms with van der Waals surface area (Å²) in [6.45, 7) is 8.60. The molecule has 2 aliphatic rings. The van der Waals surface area contributed by atoms with Crippen LogP contribution in [0.4, 0.5) is 11.8 Å². The molecule has 3 heterocycles. The van der Waals surface area contributed by atoms with Crippen molar-refractivity contribution in [3.05, 3.63) is 28.5 Å². The normalized spacial score (nSPS) is 17.5. The van der Waals surface area contributed by atoms with Crippen molar-refractivity contribution in [2.45, 2.75) is 84.8 Å². The number of rotatable bonds is 13. The number of nitrogens with one attached hydrogen (secondary N) is 2. The molecule has 4 rings (SSSR count). The number of hydrogen-bond acceptors (Lipinski definition) is 9. The van der Waals surface area contributed by atoms with Gasteiger partial charge in [-0.15, -0.1) is 11.3 Å². The number of aliphatic imine (C=N–C) groups is 1. The average Bonchev–Trinajstić information content (AvgIpc) is 3.66. The zero-order chi connectivity index (χ0) is 25.7. The van der Waals surface area contributed by atoms with E-state index in [1.54, 1.807) is 11.3 Å². The summed E-state index contributed by atoms with van der Waals surface area (Å²) in [7, 11) is 0. The molecule has 0 saturated heterocycles. The number of aromatic nitrogens is 3. The fraction of sp³-hybridized carbons (Fsp3) is 0.593. The van der Waals surface area contributed by atoms with Crippen molar-refractivity contribution in [3.8, 4) is 10.6 Å². The highest BCUT2D eigenvalue weighted by atomic mass is 32.1. The number of fused-ring (bicyclic) bond motifs is 1. The maximum Gasteiger partial charge on any atom is 0.225 e. The molecule has 36 heavy (non-hydrogen) atoms. The van der Waals surface area contributed by atoms with Crippen LogP contribution in [0.25, 0.3) is 10.6 Å². The summed E-state index contributed by atoms with van der Waals surface area (Å²) in [4.78, 5) is 31.6. The lowest BCUT2D eigenvalue weighted by Crippen LogP contribution is -2.29. The molecule has 0 spiro atoms. The molecule has 0 aromatic carbocycles. The van der Waals surface area contributed by atoms with Gasteiger partial charge in [-0.05, 0) is 44.9 Å². The van der Waals surface area contributed by atoms with Crippen molar-refractivity contribution in [1.82, 2.24) is 15.0 Å². The summed E-state index contributed by atoms with van der Waals surface area (Å²) in [5.41, 5.74) is 3.67. The molecule has 1 unspecified atom stereocenters. The minimum atomic E-state index is -0.661. The summed E-state index contributed by atoms with van der Waals surface area (Å²) in [5.74, 6) is 1.81. The lowest BCUT2D eigenvalue weighted by molar-refractivity contribution is -0.109. The first-order valence-electron chi connectivity index (χ1n) is 13.2. The minimum absolute atomic E-state index is 0.0932. The largest absolute Gasteiger partial charge is 0.391 e. The Balaban J connectivity index is 1.68. The van der Waals surface area contributed by atoms with Gasteiger partial charge in [-0.25, -0.2) is 9.97 Å². The van der Waals surface area contributed by atoms with Gasteiger partial charge >= 0.3 is 0 Å². The Kier molecular flexibility index (Phi) is 8.85. The van der Waals surface area contributed by atoms with Gasteiger partial charge in [0.05, 0.1) is 28.8 Å². The Morgan fingerprint density at radius 2 is 2.06 bits per heavy atom. The minimum Gasteiger partial charge on any atom is -0.391 e. The quantitative estimate of drug-likeness (QED) is 0.319. The van der Waals surface area contributed by atoms with E-state index in [-0.39, 0.29) is 5.92 Å². The van der Waals surface area contributed by atoms with Gasteiger partial charge in [0, 0.05) is 36.5 Å². The molecule has 1 aliphatic carbocycles. The molecule has 0 radical (unpaired) electrons. The lowest BCUT2D eigenvalue weighted by atomic mass is 9.96. The number of carbonyl (C=O) groups is 1. The predicted molar refractivity (Wildman–Crippen MR) is 147 cm³/mol. The SMILES string of the molecule is CCCC1=NC=CCc2sc(-c3c(C)nc(N[C@H](C)C4CC4)nc3NC[C@H](O)C(CC)CC=O)nc21. The van der Waals surface area contributed by atoms with Gasteiger partial charge in [0.15, 0.2) is 0 Å². The molecular formula is C27H38N6O2S. The number of carbonyl (C=O) groups excluding carboxylic acids is 1. The van der Waals surface area contributed by atoms with Gasteiger partial charge in [-0.2, -0.15) is 4.98 Å². The van der Waals surface area contributed by atoms with Crippen molar-refractivity contribution in [3.63, 3.8) is 0 Å². The summed E-state index contributed by atoms with van der Waals surface area (Å²) in [6, 6.07) is 0.307. The van der Waals surface area contributed by atoms with E-state index in [1.807, 2.05) is 20.0 Å². The highest BCUT2D eigenvalue weighted by Gasteiger charge is 2.29. The van der Waals surface area contributed by atoms with Crippen LogP contribution in [0.2, 0.25) is 0 Å². The van der Waals surface area contributed by atoms with Crippen LogP contribution in [0.15, 0.2) is 17.3 Å². The van der Waals surface area contributed by atoms with Crippen LogP contribution >= 0.6 is 11.3 Å². The van der Waals surface area contributed by atoms with E-state index >= 15 is 0 Å². The molecule has 1 saturated carbocycles. The smallest absolute Gasteiger partial charge is 0.225 e. The number of nitrogens with zero attached hydrogens (tertiary/aromatic N) is 4. The summed E-state index contributed by atoms with van der Waals surface area (Å²) < 4.78 is 0. The highest BCUT2D eigenvalue weighted by molar-refractivity contribution is 7.15. The molecule has 2 aromatic rings. The molecule has 1 aliphatic heterocycles. The van der Waals surface area contributed by atoms with Crippen LogP contribution in [0, 0.1) is 18.8 Å². The summed E-state index contributed by atoms with van der Waals surface area (Å²) >= 11 is 1.66. The number of anilines is 2. The first-order chi connectivity index (χ1) is 17.4. The van der Waals surface area contributed by atoms with Crippen LogP contribution in [0.1, 0.15) is 75.6 Å². The lowest BCUT2D eigenvalue weighted by Gasteiger charge is -2.22. The number of aldehydes is 1. The zero-order valence-corrected chi connectivity index (χ0v) is 22.6. The number of allylic oxidation sites excluding steroid dienone is 1. The second-order valence-corrected chi connectivity index (χ2v) is 10.9. The number of aliphatic hydroxyl groups excluding tert-OH is 1. The Bertz CT molecular complexity index is 1120. The molecule has 2 aromatic heterocycles. The van der Waals surface area contributed by atoms with Crippen LogP contribution in [0.3, 0.4) is 0 Å². The van der Waals surface area contributed by atoms with E-state index in [1.165, 1.54) is 17.7 Å². The molecule has 1 fully saturated rings. The number of hydrogen-bond donors (Lipinski definition) is 3. The van der Waals surface area contributed by atoms with E-state index in [0.29, 0.717) is 36.7 Å². The standard InChI is InChI=1S/C27H38N6O2S/c1-5-8-20-24-22(9-7-13-28-20)36-26(32-24)23-17(4)31-27(30-16(3)19-10-11-19)33-25(23)29-15-21(35)18(6-2)12-14-34/h7,13-14,16,18-19,21,35H,5-6,8-12,15H2,1-4H3,(H2,29,30,31,33)/t16-,18?,21+/m1/s1. The van der Waals surface area contributed by atoms with Gasteiger partial charge < -0.3 is 20.5 Å². The van der Waals surface area contributed by atoms with Crippen LogP contribution in [-0.4, -0.2) is 50.7 Å². The second kappa shape index (κ2) is 12.1. The van der Waals surface area contributed by atoms with Crippen LogP contribution < -0.4 is 10.6 Å². The van der Waals surface area contributed by atoms with Gasteiger partial charge in [-0.3, -0.25) is 4.99 Å². The zero-order valence-electron chi connectivity index (χ0n) is 21.8.